The lowest BCUT2D eigenvalue weighted by Crippen LogP contribution is -2.44. The Labute approximate surface area is 265 Å². The lowest BCUT2D eigenvalue weighted by Gasteiger charge is -2.43. The highest BCUT2D eigenvalue weighted by molar-refractivity contribution is 6.04. The molecule has 5 aromatic rings. The molecule has 0 bridgehead atoms. The molecule has 6 heteroatoms. The number of likely N-dealkylation sites (N-methyl/N-ethyl adjacent to an activating group) is 1. The Kier molecular flexibility index (Phi) is 9.38. The Morgan fingerprint density at radius 3 is 2.20 bits per heavy atom. The molecule has 0 radical (unpaired) electrons. The monoisotopic (exact) mass is 600 g/mol. The average molecular weight is 601 g/mol. The van der Waals surface area contributed by atoms with Gasteiger partial charge in [-0.2, -0.15) is 0 Å². The van der Waals surface area contributed by atoms with Crippen molar-refractivity contribution < 1.29 is 19.4 Å². The van der Waals surface area contributed by atoms with Crippen molar-refractivity contribution in [1.82, 2.24) is 4.90 Å². The molecule has 6 nitrogen and oxygen atoms in total. The van der Waals surface area contributed by atoms with Crippen LogP contribution in [0.15, 0.2) is 121 Å². The number of amides is 1. The summed E-state index contributed by atoms with van der Waals surface area (Å²) in [5.74, 6) is -0.0886. The van der Waals surface area contributed by atoms with Crippen LogP contribution in [0.25, 0.3) is 10.8 Å². The van der Waals surface area contributed by atoms with Crippen LogP contribution in [0.4, 0.5) is 5.69 Å². The molecule has 0 aromatic heterocycles. The molecule has 5 aromatic carbocycles. The first-order valence-corrected chi connectivity index (χ1v) is 15.6. The molecule has 1 aliphatic heterocycles. The van der Waals surface area contributed by atoms with Crippen LogP contribution in [0.2, 0.25) is 0 Å². The van der Waals surface area contributed by atoms with Gasteiger partial charge in [0.25, 0.3) is 5.91 Å². The molecule has 0 aliphatic carbocycles. The molecule has 6 rings (SSSR count). The van der Waals surface area contributed by atoms with E-state index < -0.39 is 6.29 Å². The van der Waals surface area contributed by atoms with E-state index in [2.05, 4.69) is 73.6 Å². The third kappa shape index (κ3) is 7.00. The highest BCUT2D eigenvalue weighted by Gasteiger charge is 2.39. The fourth-order valence-corrected chi connectivity index (χ4v) is 6.01. The van der Waals surface area contributed by atoms with Gasteiger partial charge in [0.2, 0.25) is 0 Å². The summed E-state index contributed by atoms with van der Waals surface area (Å²) in [6.45, 7) is 5.13. The van der Waals surface area contributed by atoms with Gasteiger partial charge in [-0.05, 0) is 71.8 Å². The predicted molar refractivity (Wildman–Crippen MR) is 179 cm³/mol. The summed E-state index contributed by atoms with van der Waals surface area (Å²) in [5, 5.41) is 15.0. The molecule has 1 amide bonds. The zero-order valence-corrected chi connectivity index (χ0v) is 26.0. The van der Waals surface area contributed by atoms with Crippen molar-refractivity contribution in [3.05, 3.63) is 149 Å². The Balaban J connectivity index is 1.22. The molecule has 0 spiro atoms. The average Bonchev–Trinajstić information content (AvgIpc) is 3.09. The first-order valence-electron chi connectivity index (χ1n) is 15.6. The summed E-state index contributed by atoms with van der Waals surface area (Å²) < 4.78 is 13.4. The molecule has 1 aliphatic rings. The number of rotatable bonds is 9. The van der Waals surface area contributed by atoms with Crippen LogP contribution in [-0.2, 0) is 16.1 Å². The third-order valence-electron chi connectivity index (χ3n) is 8.99. The summed E-state index contributed by atoms with van der Waals surface area (Å²) in [6.07, 6.45) is -0.906. The van der Waals surface area contributed by atoms with Crippen molar-refractivity contribution in [3.8, 4) is 0 Å². The number of carbonyl (C=O) groups is 1. The summed E-state index contributed by atoms with van der Waals surface area (Å²) in [5.41, 5.74) is 5.37. The normalized spacial score (nSPS) is 20.6. The molecule has 5 atom stereocenters. The first kappa shape index (κ1) is 30.7. The van der Waals surface area contributed by atoms with Gasteiger partial charge in [0.1, 0.15) is 0 Å². The van der Waals surface area contributed by atoms with Crippen LogP contribution >= 0.6 is 0 Å². The van der Waals surface area contributed by atoms with Gasteiger partial charge in [-0.15, -0.1) is 0 Å². The number of anilines is 1. The second-order valence-corrected chi connectivity index (χ2v) is 12.0. The van der Waals surface area contributed by atoms with E-state index in [-0.39, 0.29) is 36.7 Å². The van der Waals surface area contributed by atoms with Gasteiger partial charge in [0.15, 0.2) is 6.29 Å². The Bertz CT molecular complexity index is 1720. The van der Waals surface area contributed by atoms with E-state index in [1.54, 1.807) is 12.1 Å². The van der Waals surface area contributed by atoms with Gasteiger partial charge in [0, 0.05) is 35.3 Å². The summed E-state index contributed by atoms with van der Waals surface area (Å²) >= 11 is 0. The minimum atomic E-state index is -0.586. The quantitative estimate of drug-likeness (QED) is 0.179. The van der Waals surface area contributed by atoms with E-state index in [9.17, 15) is 9.90 Å². The topological polar surface area (TPSA) is 71.0 Å². The molecule has 1 fully saturated rings. The van der Waals surface area contributed by atoms with Gasteiger partial charge in [-0.3, -0.25) is 9.69 Å². The van der Waals surface area contributed by atoms with E-state index in [0.29, 0.717) is 17.8 Å². The Morgan fingerprint density at radius 1 is 0.822 bits per heavy atom. The van der Waals surface area contributed by atoms with Crippen LogP contribution in [0.3, 0.4) is 0 Å². The number of aliphatic hydroxyl groups excluding tert-OH is 1. The molecular formula is C39H40N2O4. The van der Waals surface area contributed by atoms with E-state index in [1.807, 2.05) is 66.7 Å². The van der Waals surface area contributed by atoms with E-state index in [1.165, 1.54) is 16.3 Å². The van der Waals surface area contributed by atoms with Crippen molar-refractivity contribution >= 4 is 22.4 Å². The first-order chi connectivity index (χ1) is 21.9. The number of nitrogens with zero attached hydrogens (tertiary/aromatic N) is 1. The van der Waals surface area contributed by atoms with Gasteiger partial charge >= 0.3 is 0 Å². The zero-order valence-electron chi connectivity index (χ0n) is 26.0. The van der Waals surface area contributed by atoms with E-state index in [4.69, 9.17) is 9.47 Å². The van der Waals surface area contributed by atoms with Crippen LogP contribution in [0.1, 0.15) is 64.9 Å². The van der Waals surface area contributed by atoms with E-state index >= 15 is 0 Å². The van der Waals surface area contributed by atoms with E-state index in [0.717, 1.165) is 16.7 Å². The van der Waals surface area contributed by atoms with Crippen molar-refractivity contribution in [2.45, 2.75) is 45.0 Å². The molecule has 2 N–H and O–H groups in total. The highest BCUT2D eigenvalue weighted by Crippen LogP contribution is 2.42. The predicted octanol–water partition coefficient (Wildman–Crippen LogP) is 8.07. The lowest BCUT2D eigenvalue weighted by molar-refractivity contribution is -0.276. The summed E-state index contributed by atoms with van der Waals surface area (Å²) in [4.78, 5) is 15.0. The van der Waals surface area contributed by atoms with Gasteiger partial charge < -0.3 is 19.9 Å². The standard InChI is InChI=1S/C39H40N2O4/c1-26-36(24-41(3)27(2)33-18-17-29-9-7-8-12-34(29)23-33)44-39(45-37(26)30-15-13-28(25-42)14-16-30)32-19-21-35(22-20-32)40-38(43)31-10-5-4-6-11-31/h4-23,26-27,36-37,39,42H,24-25H2,1-3H3,(H,40,43)/t26-,27+,36+,37+,39+/m0/s1. The molecule has 45 heavy (non-hydrogen) atoms. The van der Waals surface area contributed by atoms with Gasteiger partial charge in [-0.25, -0.2) is 0 Å². The zero-order chi connectivity index (χ0) is 31.3. The van der Waals surface area contributed by atoms with Crippen LogP contribution in [-0.4, -0.2) is 35.6 Å². The fourth-order valence-electron chi connectivity index (χ4n) is 6.01. The Hall–Kier alpha value is -4.33. The number of hydrogen-bond acceptors (Lipinski definition) is 5. The smallest absolute Gasteiger partial charge is 0.255 e. The Morgan fingerprint density at radius 2 is 1.49 bits per heavy atom. The minimum absolute atomic E-state index is 0.000331. The summed E-state index contributed by atoms with van der Waals surface area (Å²) in [6, 6.07) is 40.1. The number of fused-ring (bicyclic) bond motifs is 1. The van der Waals surface area contributed by atoms with Gasteiger partial charge in [0.05, 0.1) is 18.8 Å². The number of hydrogen-bond donors (Lipinski definition) is 2. The highest BCUT2D eigenvalue weighted by atomic mass is 16.7. The maximum atomic E-state index is 12.7. The molecular weight excluding hydrogens is 560 g/mol. The summed E-state index contributed by atoms with van der Waals surface area (Å²) in [7, 11) is 2.15. The van der Waals surface area contributed by atoms with Gasteiger partial charge in [-0.1, -0.05) is 97.9 Å². The number of nitrogens with one attached hydrogen (secondary N) is 1. The second kappa shape index (κ2) is 13.8. The number of ether oxygens (including phenoxy) is 2. The lowest BCUT2D eigenvalue weighted by atomic mass is 9.89. The largest absolute Gasteiger partial charge is 0.392 e. The molecule has 1 heterocycles. The van der Waals surface area contributed by atoms with Crippen LogP contribution < -0.4 is 5.32 Å². The van der Waals surface area contributed by atoms with Crippen molar-refractivity contribution in [2.24, 2.45) is 5.92 Å². The van der Waals surface area contributed by atoms with Crippen molar-refractivity contribution in [1.29, 1.82) is 0 Å². The number of aliphatic hydroxyl groups is 1. The number of benzene rings is 5. The third-order valence-corrected chi connectivity index (χ3v) is 8.99. The fraction of sp³-hybridized carbons (Fsp3) is 0.256. The molecule has 230 valence electrons. The maximum Gasteiger partial charge on any atom is 0.255 e. The van der Waals surface area contributed by atoms with Crippen LogP contribution in [0.5, 0.6) is 0 Å². The molecule has 1 saturated heterocycles. The van der Waals surface area contributed by atoms with Crippen molar-refractivity contribution in [2.75, 3.05) is 18.9 Å². The minimum Gasteiger partial charge on any atom is -0.392 e. The number of carbonyl (C=O) groups excluding carboxylic acids is 1. The van der Waals surface area contributed by atoms with Crippen LogP contribution in [0, 0.1) is 5.92 Å². The van der Waals surface area contributed by atoms with Crippen molar-refractivity contribution in [3.63, 3.8) is 0 Å². The SMILES string of the molecule is C[C@H]1[C@@H](CN(C)[C@H](C)c2ccc3ccccc3c2)O[C@@H](c2ccc(NC(=O)c3ccccc3)cc2)O[C@H]1c1ccc(CO)cc1. The molecule has 0 saturated carbocycles. The maximum absolute atomic E-state index is 12.7. The molecule has 0 unspecified atom stereocenters. The second-order valence-electron chi connectivity index (χ2n) is 12.0.